The Morgan fingerprint density at radius 3 is 2.15 bits per heavy atom. The maximum Gasteiger partial charge on any atom is 0.138 e. The Morgan fingerprint density at radius 1 is 0.882 bits per heavy atom. The van der Waals surface area contributed by atoms with Crippen molar-refractivity contribution < 1.29 is 19.7 Å². The smallest absolute Gasteiger partial charge is 0.138 e. The van der Waals surface area contributed by atoms with Gasteiger partial charge in [0.05, 0.1) is 23.4 Å². The zero-order valence-corrected chi connectivity index (χ0v) is 23.0. The fourth-order valence-corrected chi connectivity index (χ4v) is 10.9. The summed E-state index contributed by atoms with van der Waals surface area (Å²) in [5.74, 6) is 1.85. The third-order valence-corrected chi connectivity index (χ3v) is 13.0. The van der Waals surface area contributed by atoms with Gasteiger partial charge in [-0.2, -0.15) is 0 Å². The second-order valence-corrected chi connectivity index (χ2v) is 15.2. The molecule has 1 heterocycles. The van der Waals surface area contributed by atoms with E-state index in [4.69, 9.17) is 4.74 Å². The first kappa shape index (κ1) is 25.2. The lowest BCUT2D eigenvalue weighted by Gasteiger charge is -2.69. The van der Waals surface area contributed by atoms with Gasteiger partial charge in [-0.3, -0.25) is 4.79 Å². The van der Waals surface area contributed by atoms with Gasteiger partial charge in [0.25, 0.3) is 0 Å². The molecule has 2 N–H and O–H groups in total. The fraction of sp³-hybridized carbons (Fsp3) is 0.967. The van der Waals surface area contributed by atoms with Crippen molar-refractivity contribution >= 4 is 5.78 Å². The molecule has 5 aliphatic rings. The first-order chi connectivity index (χ1) is 15.5. The van der Waals surface area contributed by atoms with Crippen LogP contribution in [0.25, 0.3) is 0 Å². The van der Waals surface area contributed by atoms with Crippen molar-refractivity contribution in [1.29, 1.82) is 0 Å². The predicted octanol–water partition coefficient (Wildman–Crippen LogP) is 5.92. The van der Waals surface area contributed by atoms with Crippen molar-refractivity contribution in [3.63, 3.8) is 0 Å². The molecule has 34 heavy (non-hydrogen) atoms. The third-order valence-electron chi connectivity index (χ3n) is 13.0. The quantitative estimate of drug-likeness (QED) is 0.521. The molecule has 4 nitrogen and oxygen atoms in total. The van der Waals surface area contributed by atoms with Crippen LogP contribution in [0.1, 0.15) is 113 Å². The summed E-state index contributed by atoms with van der Waals surface area (Å²) in [5.41, 5.74) is -1.03. The SMILES string of the molecule is CC(C)(O)[C@H]1CC[C@@](C)([C@H]2CC[C@]3(C)[C@@H]2[C@H](O)C[C@@H]2[C@@]4(C)CCC(=O)C(C)(C)[C@H]4CC[C@]23C)O1. The summed E-state index contributed by atoms with van der Waals surface area (Å²) in [6, 6.07) is 0. The molecule has 1 saturated heterocycles. The van der Waals surface area contributed by atoms with Crippen molar-refractivity contribution in [2.24, 2.45) is 45.3 Å². The molecule has 4 heteroatoms. The van der Waals surface area contributed by atoms with Crippen LogP contribution < -0.4 is 0 Å². The van der Waals surface area contributed by atoms with Crippen LogP contribution in [0.15, 0.2) is 0 Å². The van der Waals surface area contributed by atoms with Crippen LogP contribution in [0.5, 0.6) is 0 Å². The zero-order valence-electron chi connectivity index (χ0n) is 23.0. The highest BCUT2D eigenvalue weighted by atomic mass is 16.5. The lowest BCUT2D eigenvalue weighted by molar-refractivity contribution is -0.235. The van der Waals surface area contributed by atoms with Crippen molar-refractivity contribution in [2.75, 3.05) is 0 Å². The second kappa shape index (κ2) is 7.32. The van der Waals surface area contributed by atoms with Crippen LogP contribution in [0.3, 0.4) is 0 Å². The highest BCUT2D eigenvalue weighted by Crippen LogP contribution is 2.75. The van der Waals surface area contributed by atoms with Crippen LogP contribution >= 0.6 is 0 Å². The van der Waals surface area contributed by atoms with E-state index in [1.54, 1.807) is 0 Å². The molecule has 4 aliphatic carbocycles. The predicted molar refractivity (Wildman–Crippen MR) is 134 cm³/mol. The highest BCUT2D eigenvalue weighted by Gasteiger charge is 2.71. The molecule has 0 aromatic heterocycles. The van der Waals surface area contributed by atoms with E-state index >= 15 is 0 Å². The van der Waals surface area contributed by atoms with E-state index in [1.165, 1.54) is 0 Å². The van der Waals surface area contributed by atoms with E-state index in [0.29, 0.717) is 30.0 Å². The van der Waals surface area contributed by atoms with Gasteiger partial charge in [-0.15, -0.1) is 0 Å². The van der Waals surface area contributed by atoms with Crippen LogP contribution in [0.4, 0.5) is 0 Å². The average Bonchev–Trinajstić information content (AvgIpc) is 3.30. The number of aliphatic hydroxyl groups is 2. The van der Waals surface area contributed by atoms with Crippen LogP contribution in [0, 0.1) is 45.3 Å². The largest absolute Gasteiger partial charge is 0.393 e. The maximum absolute atomic E-state index is 12.9. The number of ketones is 1. The molecule has 0 aromatic carbocycles. The summed E-state index contributed by atoms with van der Waals surface area (Å²) in [6.45, 7) is 17.8. The molecule has 0 spiro atoms. The van der Waals surface area contributed by atoms with Crippen molar-refractivity contribution in [1.82, 2.24) is 0 Å². The number of hydrogen-bond acceptors (Lipinski definition) is 4. The van der Waals surface area contributed by atoms with Gasteiger partial charge in [0.1, 0.15) is 5.78 Å². The molecule has 0 amide bonds. The zero-order chi connectivity index (χ0) is 25.1. The summed E-state index contributed by atoms with van der Waals surface area (Å²) >= 11 is 0. The number of carbonyl (C=O) groups is 1. The van der Waals surface area contributed by atoms with E-state index in [9.17, 15) is 15.0 Å². The molecule has 10 atom stereocenters. The standard InChI is InChI=1S/C30H50O4/c1-25(2)20-10-15-28(6)21(27(20,5)13-11-22(25)32)17-19(31)24-18(9-14-29(24,28)7)30(8)16-12-23(34-30)26(3,4)33/h18-21,23-24,31,33H,9-17H2,1-8H3/t18-,19+,20+,21+,23+,24-,27-,28+,29+,30-/m0/s1. The molecule has 0 radical (unpaired) electrons. The summed E-state index contributed by atoms with van der Waals surface area (Å²) < 4.78 is 6.65. The molecule has 5 rings (SSSR count). The summed E-state index contributed by atoms with van der Waals surface area (Å²) in [7, 11) is 0. The highest BCUT2D eigenvalue weighted by molar-refractivity contribution is 5.85. The maximum atomic E-state index is 12.9. The number of carbonyl (C=O) groups excluding carboxylic acids is 1. The summed E-state index contributed by atoms with van der Waals surface area (Å²) in [4.78, 5) is 12.9. The van der Waals surface area contributed by atoms with Gasteiger partial charge in [0.2, 0.25) is 0 Å². The van der Waals surface area contributed by atoms with Crippen LogP contribution in [0.2, 0.25) is 0 Å². The fourth-order valence-electron chi connectivity index (χ4n) is 10.9. The number of hydrogen-bond donors (Lipinski definition) is 2. The van der Waals surface area contributed by atoms with E-state index in [0.717, 1.165) is 51.4 Å². The van der Waals surface area contributed by atoms with Crippen molar-refractivity contribution in [2.45, 2.75) is 137 Å². The minimum Gasteiger partial charge on any atom is -0.393 e. The van der Waals surface area contributed by atoms with E-state index in [1.807, 2.05) is 13.8 Å². The topological polar surface area (TPSA) is 66.8 Å². The number of rotatable bonds is 2. The molecule has 194 valence electrons. The number of Topliss-reactive ketones (excluding diaryl/α,β-unsaturated/α-hetero) is 1. The first-order valence-electron chi connectivity index (χ1n) is 14.1. The van der Waals surface area contributed by atoms with E-state index in [-0.39, 0.29) is 45.4 Å². The van der Waals surface area contributed by atoms with Gasteiger partial charge in [-0.05, 0) is 112 Å². The molecule has 0 bridgehead atoms. The average molecular weight is 475 g/mol. The van der Waals surface area contributed by atoms with Crippen LogP contribution in [-0.4, -0.2) is 39.4 Å². The molecular weight excluding hydrogens is 424 g/mol. The Kier molecular flexibility index (Phi) is 5.42. The van der Waals surface area contributed by atoms with Gasteiger partial charge in [0.15, 0.2) is 0 Å². The lowest BCUT2D eigenvalue weighted by atomic mass is 9.35. The Morgan fingerprint density at radius 2 is 1.53 bits per heavy atom. The number of aliphatic hydroxyl groups excluding tert-OH is 1. The summed E-state index contributed by atoms with van der Waals surface area (Å²) in [5, 5.41) is 22.5. The molecular formula is C30H50O4. The molecule has 1 aliphatic heterocycles. The monoisotopic (exact) mass is 474 g/mol. The van der Waals surface area contributed by atoms with Crippen LogP contribution in [-0.2, 0) is 9.53 Å². The Balaban J connectivity index is 1.49. The summed E-state index contributed by atoms with van der Waals surface area (Å²) in [6.07, 6.45) is 8.43. The van der Waals surface area contributed by atoms with Gasteiger partial charge >= 0.3 is 0 Å². The van der Waals surface area contributed by atoms with Gasteiger partial charge in [-0.1, -0.05) is 34.6 Å². The van der Waals surface area contributed by atoms with E-state index in [2.05, 4.69) is 41.5 Å². The lowest BCUT2D eigenvalue weighted by Crippen LogP contribution is -2.66. The number of fused-ring (bicyclic) bond motifs is 5. The molecule has 5 fully saturated rings. The minimum absolute atomic E-state index is 0.0682. The Labute approximate surface area is 207 Å². The Hall–Kier alpha value is -0.450. The van der Waals surface area contributed by atoms with Crippen molar-refractivity contribution in [3.05, 3.63) is 0 Å². The Bertz CT molecular complexity index is 858. The van der Waals surface area contributed by atoms with Crippen molar-refractivity contribution in [3.8, 4) is 0 Å². The van der Waals surface area contributed by atoms with Gasteiger partial charge < -0.3 is 14.9 Å². The first-order valence-corrected chi connectivity index (χ1v) is 14.1. The third kappa shape index (κ3) is 3.09. The minimum atomic E-state index is -0.833. The normalized spacial score (nSPS) is 54.9. The second-order valence-electron chi connectivity index (χ2n) is 15.2. The van der Waals surface area contributed by atoms with Gasteiger partial charge in [-0.25, -0.2) is 0 Å². The molecule has 0 unspecified atom stereocenters. The van der Waals surface area contributed by atoms with Gasteiger partial charge in [0, 0.05) is 11.8 Å². The van der Waals surface area contributed by atoms with E-state index < -0.39 is 5.60 Å². The number of ether oxygens (including phenoxy) is 1. The molecule has 4 saturated carbocycles. The molecule has 0 aromatic rings.